The molecule has 1 heterocycles. The summed E-state index contributed by atoms with van der Waals surface area (Å²) in [4.78, 5) is 12.9. The summed E-state index contributed by atoms with van der Waals surface area (Å²) in [5, 5.41) is 1.61. The minimum Gasteiger partial charge on any atom is -0.394 e. The molecule has 0 aromatic heterocycles. The van der Waals surface area contributed by atoms with E-state index in [9.17, 15) is 4.79 Å². The fourth-order valence-corrected chi connectivity index (χ4v) is 1.29. The molecule has 1 aliphatic rings. The Kier molecular flexibility index (Phi) is 6.66. The third kappa shape index (κ3) is 3.79. The van der Waals surface area contributed by atoms with Gasteiger partial charge in [-0.3, -0.25) is 10.6 Å². The van der Waals surface area contributed by atoms with Crippen molar-refractivity contribution >= 4 is 5.91 Å². The average Bonchev–Trinajstić information content (AvgIpc) is 2.03. The summed E-state index contributed by atoms with van der Waals surface area (Å²) < 4.78 is 0. The van der Waals surface area contributed by atoms with Gasteiger partial charge in [-0.25, -0.2) is 6.54 Å². The van der Waals surface area contributed by atoms with Crippen LogP contribution in [0.5, 0.6) is 0 Å². The van der Waals surface area contributed by atoms with Gasteiger partial charge in [-0.15, -0.1) is 0 Å². The Bertz CT molecular complexity index is 198. The second kappa shape index (κ2) is 6.29. The Morgan fingerprint density at radius 2 is 2.31 bits per heavy atom. The third-order valence-corrected chi connectivity index (χ3v) is 1.96. The van der Waals surface area contributed by atoms with E-state index in [0.29, 0.717) is 13.1 Å². The van der Waals surface area contributed by atoms with Crippen LogP contribution in [0.3, 0.4) is 0 Å². The van der Waals surface area contributed by atoms with E-state index in [2.05, 4.69) is 6.58 Å². The quantitative estimate of drug-likeness (QED) is 0.213. The molecule has 1 rings (SSSR count). The Morgan fingerprint density at radius 3 is 2.77 bits per heavy atom. The van der Waals surface area contributed by atoms with Crippen molar-refractivity contribution in [3.63, 3.8) is 0 Å². The number of hydrogen-bond acceptors (Lipinski definition) is 3. The van der Waals surface area contributed by atoms with Gasteiger partial charge in [0, 0.05) is 6.54 Å². The molecular weight excluding hydrogens is 193 g/mol. The maximum Gasteiger partial charge on any atom is 1.00 e. The number of rotatable bonds is 1. The van der Waals surface area contributed by atoms with Crippen molar-refractivity contribution in [3.05, 3.63) is 19.2 Å². The van der Waals surface area contributed by atoms with Crippen molar-refractivity contribution in [1.29, 1.82) is 0 Å². The fourth-order valence-electron chi connectivity index (χ4n) is 1.29. The number of amides is 1. The van der Waals surface area contributed by atoms with Gasteiger partial charge < -0.3 is 9.91 Å². The first-order chi connectivity index (χ1) is 5.65. The van der Waals surface area contributed by atoms with Gasteiger partial charge in [-0.2, -0.15) is 0 Å². The predicted octanol–water partition coefficient (Wildman–Crippen LogP) is -3.26. The van der Waals surface area contributed by atoms with Crippen LogP contribution in [0, 0.1) is 6.54 Å². The second-order valence-electron chi connectivity index (χ2n) is 2.86. The molecule has 68 valence electrons. The molecule has 2 N–H and O–H groups in total. The normalized spacial score (nSPS) is 23.5. The maximum absolute atomic E-state index is 11.2. The van der Waals surface area contributed by atoms with E-state index in [4.69, 9.17) is 5.84 Å². The molecule has 4 nitrogen and oxygen atoms in total. The van der Waals surface area contributed by atoms with Crippen LogP contribution in [0.15, 0.2) is 12.7 Å². The van der Waals surface area contributed by atoms with Crippen molar-refractivity contribution < 1.29 is 56.2 Å². The molecular formula is C8H14KN3O. The zero-order valence-electron chi connectivity index (χ0n) is 8.23. The van der Waals surface area contributed by atoms with Gasteiger partial charge in [-0.1, -0.05) is 19.5 Å². The van der Waals surface area contributed by atoms with E-state index >= 15 is 0 Å². The molecule has 0 spiro atoms. The molecule has 0 bridgehead atoms. The Labute approximate surface area is 122 Å². The van der Waals surface area contributed by atoms with Gasteiger partial charge in [-0.05, 0) is 12.6 Å². The number of hydrazine groups is 1. The molecule has 1 amide bonds. The maximum atomic E-state index is 11.2. The van der Waals surface area contributed by atoms with E-state index in [1.54, 1.807) is 9.91 Å². The second-order valence-corrected chi connectivity index (χ2v) is 2.86. The van der Waals surface area contributed by atoms with Crippen LogP contribution < -0.4 is 57.2 Å². The zero-order valence-corrected chi connectivity index (χ0v) is 11.4. The largest absolute Gasteiger partial charge is 1.00 e. The smallest absolute Gasteiger partial charge is 0.394 e. The molecule has 1 atom stereocenters. The van der Waals surface area contributed by atoms with Gasteiger partial charge in [0.05, 0.1) is 0 Å². The number of hydrogen-bond donors (Lipinski definition) is 1. The minimum atomic E-state index is -0.0353. The Hall–Kier alpha value is 0.766. The van der Waals surface area contributed by atoms with Crippen LogP contribution in [-0.4, -0.2) is 34.9 Å². The predicted molar refractivity (Wildman–Crippen MR) is 46.6 cm³/mol. The number of nitrogens with two attached hydrogens (primary N) is 1. The van der Waals surface area contributed by atoms with Crippen LogP contribution in [-0.2, 0) is 4.79 Å². The molecule has 13 heavy (non-hydrogen) atoms. The van der Waals surface area contributed by atoms with Crippen molar-refractivity contribution in [3.8, 4) is 0 Å². The molecule has 5 heteroatoms. The molecule has 1 unspecified atom stereocenters. The zero-order chi connectivity index (χ0) is 9.14. The van der Waals surface area contributed by atoms with Crippen LogP contribution in [0.2, 0.25) is 0 Å². The van der Waals surface area contributed by atoms with E-state index < -0.39 is 0 Å². The molecule has 1 fully saturated rings. The molecule has 0 aromatic carbocycles. The fraction of sp³-hybridized carbons (Fsp3) is 0.500. The van der Waals surface area contributed by atoms with E-state index in [1.165, 1.54) is 6.08 Å². The van der Waals surface area contributed by atoms with Crippen LogP contribution >= 0.6 is 0 Å². The molecule has 1 aliphatic heterocycles. The monoisotopic (exact) mass is 207 g/mol. The van der Waals surface area contributed by atoms with Crippen molar-refractivity contribution in [2.45, 2.75) is 13.0 Å². The Balaban J connectivity index is 0.00000144. The van der Waals surface area contributed by atoms with E-state index in [-0.39, 0.29) is 63.3 Å². The molecule has 0 aromatic rings. The minimum absolute atomic E-state index is 0. The van der Waals surface area contributed by atoms with E-state index in [0.717, 1.165) is 0 Å². The average molecular weight is 207 g/mol. The number of piperazine rings is 1. The topological polar surface area (TPSA) is 49.6 Å². The number of nitrogens with zero attached hydrogens (tertiary/aromatic N) is 2. The van der Waals surface area contributed by atoms with Crippen LogP contribution in [0.25, 0.3) is 0 Å². The summed E-state index contributed by atoms with van der Waals surface area (Å²) in [5.74, 6) is 5.51. The van der Waals surface area contributed by atoms with Gasteiger partial charge in [0.2, 0.25) is 5.91 Å². The van der Waals surface area contributed by atoms with Gasteiger partial charge in [0.25, 0.3) is 0 Å². The summed E-state index contributed by atoms with van der Waals surface area (Å²) >= 11 is 0. The van der Waals surface area contributed by atoms with Crippen LogP contribution in [0.1, 0.15) is 6.92 Å². The standard InChI is InChI=1S/C8H14N3O.K/c1-3-8(12)11-5-4-10(9)6-7(11)2;/h3,6-7H,1,4-5,9H2,2H3;/q-1;+1. The van der Waals surface area contributed by atoms with Crippen molar-refractivity contribution in [1.82, 2.24) is 9.91 Å². The summed E-state index contributed by atoms with van der Waals surface area (Å²) in [6.45, 7) is 8.54. The summed E-state index contributed by atoms with van der Waals surface area (Å²) in [6.07, 6.45) is 1.33. The van der Waals surface area contributed by atoms with E-state index in [1.807, 2.05) is 13.5 Å². The molecule has 0 radical (unpaired) electrons. The molecule has 1 saturated heterocycles. The SMILES string of the molecule is C=CC(=O)N1CCN(N)[CH-]C1C.[K+]. The number of carbonyl (C=O) groups is 1. The third-order valence-electron chi connectivity index (χ3n) is 1.96. The number of carbonyl (C=O) groups excluding carboxylic acids is 1. The van der Waals surface area contributed by atoms with Crippen molar-refractivity contribution in [2.75, 3.05) is 13.1 Å². The van der Waals surface area contributed by atoms with Gasteiger partial charge in [0.1, 0.15) is 0 Å². The molecule has 0 aliphatic carbocycles. The van der Waals surface area contributed by atoms with Crippen molar-refractivity contribution in [2.24, 2.45) is 5.84 Å². The summed E-state index contributed by atoms with van der Waals surface area (Å²) in [7, 11) is 0. The summed E-state index contributed by atoms with van der Waals surface area (Å²) in [5.41, 5.74) is 0. The van der Waals surface area contributed by atoms with Gasteiger partial charge in [0.15, 0.2) is 0 Å². The van der Waals surface area contributed by atoms with Gasteiger partial charge >= 0.3 is 51.4 Å². The summed E-state index contributed by atoms with van der Waals surface area (Å²) in [6, 6.07) is 0.0641. The first-order valence-corrected chi connectivity index (χ1v) is 3.94. The molecule has 0 saturated carbocycles. The Morgan fingerprint density at radius 1 is 1.69 bits per heavy atom. The first kappa shape index (κ1) is 13.8. The first-order valence-electron chi connectivity index (χ1n) is 3.94. The van der Waals surface area contributed by atoms with Crippen LogP contribution in [0.4, 0.5) is 0 Å².